The van der Waals surface area contributed by atoms with Gasteiger partial charge < -0.3 is 64.2 Å². The predicted octanol–water partition coefficient (Wildman–Crippen LogP) is 5.87. The van der Waals surface area contributed by atoms with Crippen LogP contribution in [0.25, 0.3) is 0 Å². The molecular weight excluding hydrogens is 841 g/mol. The van der Waals surface area contributed by atoms with Gasteiger partial charge in [-0.25, -0.2) is 0 Å². The first-order valence-corrected chi connectivity index (χ1v) is 24.0. The molecule has 65 heavy (non-hydrogen) atoms. The molecule has 2 rings (SSSR count). The average molecular weight is 923 g/mol. The van der Waals surface area contributed by atoms with Crippen LogP contribution in [0.4, 0.5) is 0 Å². The molecular formula is C50H82O15. The third kappa shape index (κ3) is 25.6. The smallest absolute Gasteiger partial charge is 0.306 e. The van der Waals surface area contributed by atoms with E-state index in [0.29, 0.717) is 12.8 Å². The van der Waals surface area contributed by atoms with Crippen molar-refractivity contribution in [2.45, 2.75) is 203 Å². The molecule has 0 amide bonds. The number of aliphatic hydroxyl groups excluding tert-OH is 7. The second kappa shape index (κ2) is 37.0. The second-order valence-electron chi connectivity index (χ2n) is 16.5. The Morgan fingerprint density at radius 1 is 0.508 bits per heavy atom. The summed E-state index contributed by atoms with van der Waals surface area (Å²) in [6.07, 6.45) is 25.3. The highest BCUT2D eigenvalue weighted by Gasteiger charge is 2.47. The first-order valence-electron chi connectivity index (χ1n) is 24.0. The summed E-state index contributed by atoms with van der Waals surface area (Å²) in [4.78, 5) is 25.6. The summed E-state index contributed by atoms with van der Waals surface area (Å²) in [6, 6.07) is 0. The highest BCUT2D eigenvalue weighted by molar-refractivity contribution is 5.70. The molecule has 0 aromatic carbocycles. The second-order valence-corrected chi connectivity index (χ2v) is 16.5. The Hall–Kier alpha value is -3.06. The molecule has 2 fully saturated rings. The van der Waals surface area contributed by atoms with E-state index in [1.807, 2.05) is 12.2 Å². The number of aliphatic hydroxyl groups is 7. The van der Waals surface area contributed by atoms with E-state index in [4.69, 9.17) is 28.4 Å². The first kappa shape index (κ1) is 58.1. The minimum absolute atomic E-state index is 0.0481. The van der Waals surface area contributed by atoms with Crippen LogP contribution in [-0.4, -0.2) is 142 Å². The predicted molar refractivity (Wildman–Crippen MR) is 247 cm³/mol. The average Bonchev–Trinajstić information content (AvgIpc) is 3.30. The van der Waals surface area contributed by atoms with Crippen LogP contribution in [-0.2, 0) is 38.0 Å². The number of ether oxygens (including phenoxy) is 6. The van der Waals surface area contributed by atoms with Gasteiger partial charge in [-0.15, -0.1) is 0 Å². The third-order valence-electron chi connectivity index (χ3n) is 10.9. The molecule has 0 aromatic rings. The summed E-state index contributed by atoms with van der Waals surface area (Å²) in [7, 11) is 0. The molecule has 2 saturated heterocycles. The van der Waals surface area contributed by atoms with Crippen LogP contribution in [0.3, 0.4) is 0 Å². The van der Waals surface area contributed by atoms with Crippen molar-refractivity contribution in [3.8, 4) is 0 Å². The van der Waals surface area contributed by atoms with Gasteiger partial charge in [-0.3, -0.25) is 9.59 Å². The van der Waals surface area contributed by atoms with Gasteiger partial charge in [0.2, 0.25) is 0 Å². The number of hydrogen-bond acceptors (Lipinski definition) is 15. The number of rotatable bonds is 35. The van der Waals surface area contributed by atoms with Crippen LogP contribution in [0.1, 0.15) is 136 Å². The minimum atomic E-state index is -1.78. The van der Waals surface area contributed by atoms with Gasteiger partial charge in [0.15, 0.2) is 18.7 Å². The van der Waals surface area contributed by atoms with Gasteiger partial charge in [0.25, 0.3) is 0 Å². The van der Waals surface area contributed by atoms with Crippen molar-refractivity contribution in [3.63, 3.8) is 0 Å². The van der Waals surface area contributed by atoms with Crippen LogP contribution in [0, 0.1) is 0 Å². The quantitative estimate of drug-likeness (QED) is 0.0224. The number of allylic oxidation sites excluding steroid dienone is 12. The van der Waals surface area contributed by atoms with E-state index in [-0.39, 0.29) is 19.4 Å². The molecule has 0 saturated carbocycles. The number of carbonyl (C=O) groups excluding carboxylic acids is 2. The first-order chi connectivity index (χ1) is 31.5. The van der Waals surface area contributed by atoms with Crippen LogP contribution in [0.2, 0.25) is 0 Å². The van der Waals surface area contributed by atoms with Gasteiger partial charge in [-0.1, -0.05) is 125 Å². The largest absolute Gasteiger partial charge is 0.462 e. The lowest BCUT2D eigenvalue weighted by Gasteiger charge is -2.42. The van der Waals surface area contributed by atoms with E-state index < -0.39 is 99.3 Å². The topological polar surface area (TPSA) is 231 Å². The Balaban J connectivity index is 1.87. The zero-order valence-electron chi connectivity index (χ0n) is 38.9. The maximum atomic E-state index is 12.9. The Labute approximate surface area is 387 Å². The molecule has 2 heterocycles. The molecule has 0 spiro atoms. The third-order valence-corrected chi connectivity index (χ3v) is 10.9. The maximum absolute atomic E-state index is 12.9. The summed E-state index contributed by atoms with van der Waals surface area (Å²) >= 11 is 0. The molecule has 0 bridgehead atoms. The molecule has 0 aliphatic carbocycles. The molecule has 0 radical (unpaired) electrons. The molecule has 5 unspecified atom stereocenters. The molecule has 7 N–H and O–H groups in total. The number of esters is 2. The van der Waals surface area contributed by atoms with Crippen molar-refractivity contribution >= 4 is 11.9 Å². The Morgan fingerprint density at radius 3 is 1.58 bits per heavy atom. The van der Waals surface area contributed by atoms with Crippen LogP contribution in [0.5, 0.6) is 0 Å². The van der Waals surface area contributed by atoms with Gasteiger partial charge >= 0.3 is 11.9 Å². The van der Waals surface area contributed by atoms with E-state index in [9.17, 15) is 45.3 Å². The zero-order valence-corrected chi connectivity index (χ0v) is 38.9. The Morgan fingerprint density at radius 2 is 1.00 bits per heavy atom. The fourth-order valence-corrected chi connectivity index (χ4v) is 6.96. The summed E-state index contributed by atoms with van der Waals surface area (Å²) < 4.78 is 33.4. The summed E-state index contributed by atoms with van der Waals surface area (Å²) in [5.41, 5.74) is 0. The lowest BCUT2D eigenvalue weighted by molar-refractivity contribution is -0.332. The molecule has 372 valence electrons. The molecule has 2 aliphatic rings. The SMILES string of the molecule is CC/C=C/C/C=C/C/C=C/C/C=C/CCCCCC(=O)OCC(CO[C@@H]1O[C@H](CO[C@@H]2O[C@H](CO)[C@H](O)C(O)C2O)[C@H](O)C(O)C1O)OC(=O)CC/C=C/C/C=C/CCCCCCCC. The summed E-state index contributed by atoms with van der Waals surface area (Å²) in [6.45, 7) is 2.34. The lowest BCUT2D eigenvalue weighted by Crippen LogP contribution is -2.61. The van der Waals surface area contributed by atoms with E-state index in [1.54, 1.807) is 0 Å². The highest BCUT2D eigenvalue weighted by atomic mass is 16.7. The molecule has 0 aromatic heterocycles. The minimum Gasteiger partial charge on any atom is -0.462 e. The van der Waals surface area contributed by atoms with Crippen LogP contribution in [0.15, 0.2) is 72.9 Å². The molecule has 2 aliphatic heterocycles. The lowest BCUT2D eigenvalue weighted by atomic mass is 9.98. The van der Waals surface area contributed by atoms with E-state index in [2.05, 4.69) is 74.6 Å². The zero-order chi connectivity index (χ0) is 47.5. The number of hydrogen-bond donors (Lipinski definition) is 7. The van der Waals surface area contributed by atoms with Crippen molar-refractivity contribution in [1.29, 1.82) is 0 Å². The van der Waals surface area contributed by atoms with Gasteiger partial charge in [0, 0.05) is 12.8 Å². The van der Waals surface area contributed by atoms with Crippen molar-refractivity contribution in [2.24, 2.45) is 0 Å². The Kier molecular flexibility index (Phi) is 33.0. The standard InChI is InChI=1S/C50H82O15/c1-3-5-7-9-11-13-15-17-18-19-21-22-24-26-28-30-32-41(52)60-35-38(63-42(53)33-31-29-27-25-23-20-16-14-12-10-8-6-4-2)36-61-49-48(59)46(57)44(55)40(65-49)37-62-50-47(58)45(56)43(54)39(34-51)64-50/h5,7,11,13,17-18,20-23,27,29,38-40,43-51,54-59H,3-4,6,8-10,12,14-16,19,24-26,28,30-37H2,1-2H3/b7-5+,13-11+,18-17+,22-21+,23-20+,29-27+/t38?,39-,40-,43+,44+,45?,46?,47?,48?,49-,50-/m1/s1. The normalized spacial score (nSPS) is 27.0. The summed E-state index contributed by atoms with van der Waals surface area (Å²) in [5, 5.41) is 71.9. The van der Waals surface area contributed by atoms with Crippen LogP contribution >= 0.6 is 0 Å². The Bertz CT molecular complexity index is 1410. The van der Waals surface area contributed by atoms with Crippen molar-refractivity contribution in [1.82, 2.24) is 0 Å². The van der Waals surface area contributed by atoms with Crippen molar-refractivity contribution < 1.29 is 73.8 Å². The van der Waals surface area contributed by atoms with Gasteiger partial charge in [0.1, 0.15) is 55.4 Å². The monoisotopic (exact) mass is 923 g/mol. The highest BCUT2D eigenvalue weighted by Crippen LogP contribution is 2.26. The fraction of sp³-hybridized carbons (Fsp3) is 0.720. The van der Waals surface area contributed by atoms with Crippen molar-refractivity contribution in [2.75, 3.05) is 26.4 Å². The van der Waals surface area contributed by atoms with E-state index >= 15 is 0 Å². The molecule has 11 atom stereocenters. The molecule has 15 heteroatoms. The maximum Gasteiger partial charge on any atom is 0.306 e. The number of unbranched alkanes of at least 4 members (excludes halogenated alkanes) is 9. The molecule has 15 nitrogen and oxygen atoms in total. The van der Waals surface area contributed by atoms with E-state index in [1.165, 1.54) is 38.5 Å². The van der Waals surface area contributed by atoms with E-state index in [0.717, 1.165) is 57.8 Å². The summed E-state index contributed by atoms with van der Waals surface area (Å²) in [5.74, 6) is -1.05. The van der Waals surface area contributed by atoms with Gasteiger partial charge in [-0.05, 0) is 70.6 Å². The van der Waals surface area contributed by atoms with Crippen molar-refractivity contribution in [3.05, 3.63) is 72.9 Å². The fourth-order valence-electron chi connectivity index (χ4n) is 6.96. The number of carbonyl (C=O) groups is 2. The van der Waals surface area contributed by atoms with Gasteiger partial charge in [0.05, 0.1) is 19.8 Å². The van der Waals surface area contributed by atoms with Crippen LogP contribution < -0.4 is 0 Å². The van der Waals surface area contributed by atoms with Gasteiger partial charge in [-0.2, -0.15) is 0 Å².